The molecule has 0 aromatic carbocycles. The Morgan fingerprint density at radius 2 is 2.16 bits per heavy atom. The summed E-state index contributed by atoms with van der Waals surface area (Å²) in [6, 6.07) is 1.70. The lowest BCUT2D eigenvalue weighted by molar-refractivity contribution is 0.339. The quantitative estimate of drug-likeness (QED) is 0.615. The lowest BCUT2D eigenvalue weighted by Gasteiger charge is -2.09. The summed E-state index contributed by atoms with van der Waals surface area (Å²) in [5.74, 6) is 6.26. The van der Waals surface area contributed by atoms with E-state index in [1.165, 1.54) is 6.20 Å². The molecule has 0 spiro atoms. The number of alkyl halides is 1. The summed E-state index contributed by atoms with van der Waals surface area (Å²) < 4.78 is 28.6. The summed E-state index contributed by atoms with van der Waals surface area (Å²) >= 11 is 5.46. The molecule has 0 aliphatic heterocycles. The number of hydrogen-bond donors (Lipinski definition) is 0. The normalized spacial score (nSPS) is 10.9. The van der Waals surface area contributed by atoms with Crippen LogP contribution in [0, 0.1) is 11.8 Å². The number of nitrogens with zero attached hydrogens (tertiary/aromatic N) is 1. The number of ether oxygens (including phenoxy) is 1. The van der Waals surface area contributed by atoms with E-state index in [-0.39, 0.29) is 18.2 Å². The first-order chi connectivity index (χ1) is 8.95. The minimum Gasteiger partial charge on any atom is -0.491 e. The van der Waals surface area contributed by atoms with Gasteiger partial charge in [0.1, 0.15) is 12.4 Å². The Bertz CT molecular complexity index is 573. The zero-order valence-corrected chi connectivity index (χ0v) is 12.5. The maximum absolute atomic E-state index is 11.6. The van der Waals surface area contributed by atoms with Gasteiger partial charge in [0.25, 0.3) is 0 Å². The van der Waals surface area contributed by atoms with Crippen LogP contribution in [-0.4, -0.2) is 36.9 Å². The second kappa shape index (κ2) is 7.37. The van der Waals surface area contributed by atoms with Crippen LogP contribution in [-0.2, 0) is 9.84 Å². The molecule has 1 aromatic heterocycles. The highest BCUT2D eigenvalue weighted by atomic mass is 35.5. The van der Waals surface area contributed by atoms with Gasteiger partial charge in [-0.15, -0.1) is 11.6 Å². The highest BCUT2D eigenvalue weighted by Gasteiger charge is 2.15. The Morgan fingerprint density at radius 1 is 1.42 bits per heavy atom. The van der Waals surface area contributed by atoms with Crippen molar-refractivity contribution in [2.75, 3.05) is 18.2 Å². The van der Waals surface area contributed by atoms with Gasteiger partial charge >= 0.3 is 0 Å². The van der Waals surface area contributed by atoms with Crippen LogP contribution in [0.2, 0.25) is 0 Å². The van der Waals surface area contributed by atoms with Crippen LogP contribution in [0.5, 0.6) is 5.75 Å². The van der Waals surface area contributed by atoms with Gasteiger partial charge < -0.3 is 4.74 Å². The average Bonchev–Trinajstić information content (AvgIpc) is 2.36. The van der Waals surface area contributed by atoms with Crippen LogP contribution in [0.1, 0.15) is 19.4 Å². The van der Waals surface area contributed by atoms with Gasteiger partial charge in [0, 0.05) is 11.8 Å². The van der Waals surface area contributed by atoms with Crippen molar-refractivity contribution in [2.45, 2.75) is 19.1 Å². The largest absolute Gasteiger partial charge is 0.491 e. The Kier molecular flexibility index (Phi) is 6.13. The van der Waals surface area contributed by atoms with Crippen molar-refractivity contribution < 1.29 is 13.2 Å². The third-order valence-electron chi connectivity index (χ3n) is 2.37. The van der Waals surface area contributed by atoms with Gasteiger partial charge in [-0.3, -0.25) is 4.98 Å². The maximum Gasteiger partial charge on any atom is 0.155 e. The minimum absolute atomic E-state index is 0.0117. The van der Waals surface area contributed by atoms with Gasteiger partial charge in [0.15, 0.2) is 9.84 Å². The monoisotopic (exact) mass is 301 g/mol. The number of halogens is 1. The molecule has 104 valence electrons. The summed E-state index contributed by atoms with van der Waals surface area (Å²) in [4.78, 5) is 3.97. The van der Waals surface area contributed by atoms with Gasteiger partial charge in [0.05, 0.1) is 23.1 Å². The molecule has 0 fully saturated rings. The van der Waals surface area contributed by atoms with Crippen LogP contribution in [0.3, 0.4) is 0 Å². The number of aromatic nitrogens is 1. The van der Waals surface area contributed by atoms with Crippen molar-refractivity contribution in [1.82, 2.24) is 4.98 Å². The van der Waals surface area contributed by atoms with Crippen LogP contribution in [0.15, 0.2) is 18.5 Å². The minimum atomic E-state index is -3.08. The van der Waals surface area contributed by atoms with E-state index in [9.17, 15) is 8.42 Å². The van der Waals surface area contributed by atoms with Crippen molar-refractivity contribution in [3.8, 4) is 17.6 Å². The SMILES string of the molecule is CC(C)S(=O)(=O)CCOc1cncc(C#CCCl)c1. The zero-order valence-electron chi connectivity index (χ0n) is 10.9. The van der Waals surface area contributed by atoms with Crippen molar-refractivity contribution in [1.29, 1.82) is 0 Å². The van der Waals surface area contributed by atoms with E-state index in [0.717, 1.165) is 0 Å². The van der Waals surface area contributed by atoms with Crippen LogP contribution in [0.4, 0.5) is 0 Å². The molecule has 0 N–H and O–H groups in total. The molecule has 0 atom stereocenters. The van der Waals surface area contributed by atoms with Gasteiger partial charge in [-0.1, -0.05) is 11.8 Å². The maximum atomic E-state index is 11.6. The Hall–Kier alpha value is -1.25. The van der Waals surface area contributed by atoms with Gasteiger partial charge in [0.2, 0.25) is 0 Å². The van der Waals surface area contributed by atoms with Crippen LogP contribution >= 0.6 is 11.6 Å². The van der Waals surface area contributed by atoms with Crippen molar-refractivity contribution in [3.05, 3.63) is 24.0 Å². The smallest absolute Gasteiger partial charge is 0.155 e. The number of pyridine rings is 1. The van der Waals surface area contributed by atoms with E-state index in [2.05, 4.69) is 16.8 Å². The van der Waals surface area contributed by atoms with Gasteiger partial charge in [-0.25, -0.2) is 8.42 Å². The van der Waals surface area contributed by atoms with Crippen molar-refractivity contribution in [2.24, 2.45) is 0 Å². The molecule has 4 nitrogen and oxygen atoms in total. The molecule has 0 aliphatic rings. The zero-order chi connectivity index (χ0) is 14.3. The van der Waals surface area contributed by atoms with E-state index >= 15 is 0 Å². The van der Waals surface area contributed by atoms with Crippen molar-refractivity contribution >= 4 is 21.4 Å². The average molecular weight is 302 g/mol. The molecular weight excluding hydrogens is 286 g/mol. The van der Waals surface area contributed by atoms with E-state index in [1.54, 1.807) is 26.1 Å². The highest BCUT2D eigenvalue weighted by Crippen LogP contribution is 2.11. The van der Waals surface area contributed by atoms with E-state index in [4.69, 9.17) is 16.3 Å². The summed E-state index contributed by atoms with van der Waals surface area (Å²) in [5, 5.41) is -0.393. The Balaban J connectivity index is 2.59. The molecule has 1 rings (SSSR count). The lowest BCUT2D eigenvalue weighted by Crippen LogP contribution is -2.22. The molecule has 0 amide bonds. The molecule has 0 bridgehead atoms. The summed E-state index contributed by atoms with van der Waals surface area (Å²) in [7, 11) is -3.08. The van der Waals surface area contributed by atoms with E-state index in [1.807, 2.05) is 0 Å². The Morgan fingerprint density at radius 3 is 2.79 bits per heavy atom. The highest BCUT2D eigenvalue weighted by molar-refractivity contribution is 7.91. The third kappa shape index (κ3) is 5.50. The van der Waals surface area contributed by atoms with Gasteiger partial charge in [-0.2, -0.15) is 0 Å². The predicted octanol–water partition coefficient (Wildman–Crippen LogP) is 1.87. The fourth-order valence-electron chi connectivity index (χ4n) is 1.21. The summed E-state index contributed by atoms with van der Waals surface area (Å²) in [6.45, 7) is 3.41. The molecule has 0 saturated heterocycles. The molecule has 1 heterocycles. The van der Waals surface area contributed by atoms with Gasteiger partial charge in [-0.05, 0) is 19.9 Å². The number of hydrogen-bond acceptors (Lipinski definition) is 4. The molecule has 1 aromatic rings. The first kappa shape index (κ1) is 15.8. The fraction of sp³-hybridized carbons (Fsp3) is 0.462. The lowest BCUT2D eigenvalue weighted by atomic mass is 10.3. The molecule has 19 heavy (non-hydrogen) atoms. The molecule has 0 saturated carbocycles. The first-order valence-corrected chi connectivity index (χ1v) is 8.05. The molecular formula is C13H16ClNO3S. The topological polar surface area (TPSA) is 56.3 Å². The van der Waals surface area contributed by atoms with Crippen molar-refractivity contribution in [3.63, 3.8) is 0 Å². The third-order valence-corrected chi connectivity index (χ3v) is 4.67. The van der Waals surface area contributed by atoms with Crippen LogP contribution in [0.25, 0.3) is 0 Å². The standard InChI is InChI=1S/C13H16ClNO3S/c1-11(2)19(16,17)7-6-18-13-8-12(4-3-5-14)9-15-10-13/h8-11H,5-7H2,1-2H3. The number of rotatable bonds is 5. The Labute approximate surface area is 119 Å². The number of sulfone groups is 1. The molecule has 6 heteroatoms. The molecule has 0 unspecified atom stereocenters. The summed E-state index contributed by atoms with van der Waals surface area (Å²) in [6.07, 6.45) is 3.12. The predicted molar refractivity (Wildman–Crippen MR) is 76.3 cm³/mol. The second-order valence-electron chi connectivity index (χ2n) is 4.11. The van der Waals surface area contributed by atoms with Crippen LogP contribution < -0.4 is 4.74 Å². The van der Waals surface area contributed by atoms with E-state index in [0.29, 0.717) is 11.3 Å². The molecule has 0 aliphatic carbocycles. The van der Waals surface area contributed by atoms with E-state index < -0.39 is 15.1 Å². The second-order valence-corrected chi connectivity index (χ2v) is 7.05. The fourth-order valence-corrected chi connectivity index (χ4v) is 2.07. The molecule has 0 radical (unpaired) electrons. The first-order valence-electron chi connectivity index (χ1n) is 5.80. The summed E-state index contributed by atoms with van der Waals surface area (Å²) in [5.41, 5.74) is 0.685.